The molecule has 6 nitrogen and oxygen atoms in total. The summed E-state index contributed by atoms with van der Waals surface area (Å²) in [7, 11) is 0. The minimum atomic E-state index is -0.465. The minimum Gasteiger partial charge on any atom is -0.314 e. The van der Waals surface area contributed by atoms with Gasteiger partial charge in [-0.3, -0.25) is 14.9 Å². The zero-order valence-corrected chi connectivity index (χ0v) is 13.7. The van der Waals surface area contributed by atoms with Crippen molar-refractivity contribution in [2.75, 3.05) is 6.54 Å². The maximum Gasteiger partial charge on any atom is 0.289 e. The van der Waals surface area contributed by atoms with Crippen molar-refractivity contribution >= 4 is 21.6 Å². The number of aromatic nitrogens is 1. The zero-order chi connectivity index (χ0) is 15.4. The Kier molecular flexibility index (Phi) is 5.88. The lowest BCUT2D eigenvalue weighted by Crippen LogP contribution is -2.32. The highest BCUT2D eigenvalue weighted by Gasteiger charge is 2.19. The fraction of sp³-hybridized carbons (Fsp3) is 0.615. The molecule has 0 aliphatic carbocycles. The van der Waals surface area contributed by atoms with Crippen LogP contribution in [-0.2, 0) is 6.54 Å². The predicted octanol–water partition coefficient (Wildman–Crippen LogP) is 2.46. The van der Waals surface area contributed by atoms with Crippen molar-refractivity contribution < 1.29 is 4.92 Å². The van der Waals surface area contributed by atoms with Crippen molar-refractivity contribution in [3.05, 3.63) is 36.7 Å². The van der Waals surface area contributed by atoms with Crippen molar-refractivity contribution in [2.45, 2.75) is 40.3 Å². The molecule has 0 radical (unpaired) electrons. The molecule has 1 rings (SSSR count). The van der Waals surface area contributed by atoms with Crippen LogP contribution in [0.15, 0.2) is 15.5 Å². The van der Waals surface area contributed by atoms with Gasteiger partial charge in [0, 0.05) is 18.2 Å². The van der Waals surface area contributed by atoms with Gasteiger partial charge in [0.1, 0.15) is 0 Å². The van der Waals surface area contributed by atoms with Crippen LogP contribution in [0.3, 0.4) is 0 Å². The molecule has 1 aromatic rings. The molecule has 0 fully saturated rings. The van der Waals surface area contributed by atoms with Gasteiger partial charge >= 0.3 is 0 Å². The lowest BCUT2D eigenvalue weighted by Gasteiger charge is -2.16. The summed E-state index contributed by atoms with van der Waals surface area (Å²) in [5.74, 6) is 0.198. The largest absolute Gasteiger partial charge is 0.314 e. The molecule has 0 saturated heterocycles. The van der Waals surface area contributed by atoms with Crippen LogP contribution in [0.5, 0.6) is 0 Å². The molecule has 0 aliphatic heterocycles. The first-order valence-electron chi connectivity index (χ1n) is 6.51. The number of hydrogen-bond donors (Lipinski definition) is 1. The fourth-order valence-electron chi connectivity index (χ4n) is 1.86. The Morgan fingerprint density at radius 3 is 2.55 bits per heavy atom. The number of rotatable bonds is 6. The number of nitrogens with one attached hydrogen (secondary N) is 1. The Morgan fingerprint density at radius 1 is 1.45 bits per heavy atom. The average molecular weight is 346 g/mol. The maximum atomic E-state index is 12.1. The molecule has 20 heavy (non-hydrogen) atoms. The van der Waals surface area contributed by atoms with Crippen LogP contribution in [-0.4, -0.2) is 22.1 Å². The van der Waals surface area contributed by atoms with Gasteiger partial charge in [-0.2, -0.15) is 0 Å². The van der Waals surface area contributed by atoms with Crippen molar-refractivity contribution in [3.8, 4) is 0 Å². The lowest BCUT2D eigenvalue weighted by molar-refractivity contribution is -0.386. The molecule has 112 valence electrons. The summed E-state index contributed by atoms with van der Waals surface area (Å²) >= 11 is 3.15. The van der Waals surface area contributed by atoms with E-state index in [2.05, 4.69) is 21.2 Å². The van der Waals surface area contributed by atoms with Gasteiger partial charge in [0.2, 0.25) is 0 Å². The molecule has 1 N–H and O–H groups in total. The third kappa shape index (κ3) is 4.14. The first-order valence-corrected chi connectivity index (χ1v) is 7.30. The number of nitro groups is 1. The van der Waals surface area contributed by atoms with E-state index >= 15 is 0 Å². The Morgan fingerprint density at radius 2 is 2.05 bits per heavy atom. The molecule has 1 unspecified atom stereocenters. The van der Waals surface area contributed by atoms with E-state index in [-0.39, 0.29) is 21.6 Å². The van der Waals surface area contributed by atoms with Gasteiger partial charge in [0.05, 0.1) is 15.6 Å². The lowest BCUT2D eigenvalue weighted by atomic mass is 10.1. The second-order valence-electron chi connectivity index (χ2n) is 5.34. The van der Waals surface area contributed by atoms with Gasteiger partial charge < -0.3 is 9.88 Å². The molecule has 0 saturated carbocycles. The van der Waals surface area contributed by atoms with E-state index in [1.165, 1.54) is 10.8 Å². The number of nitrogens with zero attached hydrogens (tertiary/aromatic N) is 2. The van der Waals surface area contributed by atoms with Crippen molar-refractivity contribution in [2.24, 2.45) is 5.92 Å². The van der Waals surface area contributed by atoms with Gasteiger partial charge in [-0.05, 0) is 35.3 Å². The standard InChI is InChI=1S/C13H20BrN3O3/c1-8(2)15-5-9(3)6-16-7-11(17(19)20)10(4)12(14)13(16)18/h7-9,15H,5-6H2,1-4H3. The third-order valence-electron chi connectivity index (χ3n) is 3.02. The quantitative estimate of drug-likeness (QED) is 0.634. The van der Waals surface area contributed by atoms with Crippen LogP contribution < -0.4 is 10.9 Å². The zero-order valence-electron chi connectivity index (χ0n) is 12.1. The Hall–Kier alpha value is -1.21. The Balaban J connectivity index is 3.01. The summed E-state index contributed by atoms with van der Waals surface area (Å²) in [6.45, 7) is 8.86. The van der Waals surface area contributed by atoms with Gasteiger partial charge in [-0.15, -0.1) is 0 Å². The van der Waals surface area contributed by atoms with Crippen LogP contribution in [0, 0.1) is 23.0 Å². The SMILES string of the molecule is Cc1c([N+](=O)[O-])cn(CC(C)CNC(C)C)c(=O)c1Br. The highest BCUT2D eigenvalue weighted by Crippen LogP contribution is 2.22. The molecular weight excluding hydrogens is 326 g/mol. The normalized spacial score (nSPS) is 12.7. The summed E-state index contributed by atoms with van der Waals surface area (Å²) < 4.78 is 1.66. The number of pyridine rings is 1. The van der Waals surface area contributed by atoms with Crippen LogP contribution in [0.2, 0.25) is 0 Å². The predicted molar refractivity (Wildman–Crippen MR) is 82.1 cm³/mol. The average Bonchev–Trinajstić information content (AvgIpc) is 2.36. The molecular formula is C13H20BrN3O3. The van der Waals surface area contributed by atoms with Gasteiger partial charge in [-0.25, -0.2) is 0 Å². The van der Waals surface area contributed by atoms with Gasteiger partial charge in [0.15, 0.2) is 0 Å². The summed E-state index contributed by atoms with van der Waals surface area (Å²) in [5.41, 5.74) is 0.0919. The number of hydrogen-bond acceptors (Lipinski definition) is 4. The van der Waals surface area contributed by atoms with Gasteiger partial charge in [-0.1, -0.05) is 20.8 Å². The topological polar surface area (TPSA) is 77.2 Å². The third-order valence-corrected chi connectivity index (χ3v) is 3.95. The smallest absolute Gasteiger partial charge is 0.289 e. The van der Waals surface area contributed by atoms with Crippen LogP contribution in [0.1, 0.15) is 26.3 Å². The monoisotopic (exact) mass is 345 g/mol. The first-order chi connectivity index (χ1) is 9.23. The summed E-state index contributed by atoms with van der Waals surface area (Å²) in [6, 6.07) is 0.369. The fourth-order valence-corrected chi connectivity index (χ4v) is 2.29. The Bertz CT molecular complexity index is 555. The second-order valence-corrected chi connectivity index (χ2v) is 6.13. The molecule has 1 heterocycles. The molecule has 7 heteroatoms. The molecule has 0 amide bonds. The van der Waals surface area contributed by atoms with E-state index in [9.17, 15) is 14.9 Å². The van der Waals surface area contributed by atoms with E-state index in [0.29, 0.717) is 18.2 Å². The van der Waals surface area contributed by atoms with E-state index < -0.39 is 4.92 Å². The second kappa shape index (κ2) is 6.99. The molecule has 0 spiro atoms. The summed E-state index contributed by atoms with van der Waals surface area (Å²) in [5, 5.41) is 14.3. The van der Waals surface area contributed by atoms with Crippen molar-refractivity contribution in [1.29, 1.82) is 0 Å². The van der Waals surface area contributed by atoms with E-state index in [1.54, 1.807) is 6.92 Å². The molecule has 0 aromatic carbocycles. The van der Waals surface area contributed by atoms with Crippen molar-refractivity contribution in [1.82, 2.24) is 9.88 Å². The van der Waals surface area contributed by atoms with Crippen LogP contribution in [0.25, 0.3) is 0 Å². The van der Waals surface area contributed by atoms with Crippen LogP contribution >= 0.6 is 15.9 Å². The number of halogens is 1. The minimum absolute atomic E-state index is 0.0412. The highest BCUT2D eigenvalue weighted by atomic mass is 79.9. The van der Waals surface area contributed by atoms with E-state index in [1.807, 2.05) is 20.8 Å². The van der Waals surface area contributed by atoms with E-state index in [0.717, 1.165) is 6.54 Å². The summed E-state index contributed by atoms with van der Waals surface area (Å²) in [4.78, 5) is 22.6. The summed E-state index contributed by atoms with van der Waals surface area (Å²) in [6.07, 6.45) is 1.33. The Labute approximate surface area is 126 Å². The first kappa shape index (κ1) is 16.8. The van der Waals surface area contributed by atoms with Crippen molar-refractivity contribution in [3.63, 3.8) is 0 Å². The van der Waals surface area contributed by atoms with E-state index in [4.69, 9.17) is 0 Å². The molecule has 0 bridgehead atoms. The highest BCUT2D eigenvalue weighted by molar-refractivity contribution is 9.10. The molecule has 1 atom stereocenters. The van der Waals surface area contributed by atoms with Crippen LogP contribution in [0.4, 0.5) is 5.69 Å². The molecule has 0 aliphatic rings. The molecule has 1 aromatic heterocycles. The maximum absolute atomic E-state index is 12.1. The van der Waals surface area contributed by atoms with Gasteiger partial charge in [0.25, 0.3) is 11.2 Å².